The van der Waals surface area contributed by atoms with E-state index in [9.17, 15) is 5.11 Å². The highest BCUT2D eigenvalue weighted by Crippen LogP contribution is 2.24. The first-order chi connectivity index (χ1) is 15.6. The highest BCUT2D eigenvalue weighted by Gasteiger charge is 2.09. The van der Waals surface area contributed by atoms with Gasteiger partial charge in [0.25, 0.3) is 0 Å². The van der Waals surface area contributed by atoms with E-state index in [-0.39, 0.29) is 6.61 Å². The molecule has 9 heteroatoms. The normalized spacial score (nSPS) is 10.5. The Morgan fingerprint density at radius 3 is 1.84 bits per heavy atom. The first-order valence-corrected chi connectivity index (χ1v) is 10.2. The van der Waals surface area contributed by atoms with Crippen molar-refractivity contribution in [2.24, 2.45) is 0 Å². The summed E-state index contributed by atoms with van der Waals surface area (Å²) in [4.78, 5) is 13.4. The number of hydrogen-bond donors (Lipinski definition) is 4. The number of halogens is 1. The van der Waals surface area contributed by atoms with E-state index >= 15 is 0 Å². The third-order valence-electron chi connectivity index (χ3n) is 4.41. The highest BCUT2D eigenvalue weighted by atomic mass is 35.5. The van der Waals surface area contributed by atoms with Crippen molar-refractivity contribution in [2.45, 2.75) is 6.61 Å². The summed E-state index contributed by atoms with van der Waals surface area (Å²) >= 11 is 6.10. The Morgan fingerprint density at radius 2 is 1.28 bits per heavy atom. The van der Waals surface area contributed by atoms with Crippen LogP contribution in [0.3, 0.4) is 0 Å². The van der Waals surface area contributed by atoms with Crippen LogP contribution in [0.4, 0.5) is 34.9 Å². The summed E-state index contributed by atoms with van der Waals surface area (Å²) in [6.45, 7) is -0.0586. The second kappa shape index (κ2) is 9.95. The summed E-state index contributed by atoms with van der Waals surface area (Å²) in [5, 5.41) is 19.5. The molecule has 0 aliphatic rings. The van der Waals surface area contributed by atoms with Crippen molar-refractivity contribution in [1.29, 1.82) is 0 Å². The molecule has 0 aliphatic heterocycles. The maximum atomic E-state index is 9.40. The standard InChI is InChI=1S/C23H21ClN6O2/c1-32-20-10-4-9-19(13-20)27-23-29-21(25-17-7-2-5-15(11-17)14-31)28-22(30-23)26-18-8-3-6-16(24)12-18/h2-13,31H,14H2,1H3,(H3,25,26,27,28,29,30). The van der Waals surface area contributed by atoms with Gasteiger partial charge in [0.2, 0.25) is 17.8 Å². The summed E-state index contributed by atoms with van der Waals surface area (Å²) in [7, 11) is 1.61. The molecular weight excluding hydrogens is 428 g/mol. The molecule has 0 unspecified atom stereocenters. The van der Waals surface area contributed by atoms with Crippen LogP contribution < -0.4 is 20.7 Å². The largest absolute Gasteiger partial charge is 0.497 e. The summed E-state index contributed by atoms with van der Waals surface area (Å²) in [6, 6.07) is 22.1. The summed E-state index contributed by atoms with van der Waals surface area (Å²) < 4.78 is 5.28. The third kappa shape index (κ3) is 5.63. The second-order valence-electron chi connectivity index (χ2n) is 6.78. The first kappa shape index (κ1) is 21.4. The molecule has 0 saturated heterocycles. The predicted molar refractivity (Wildman–Crippen MR) is 126 cm³/mol. The SMILES string of the molecule is COc1cccc(Nc2nc(Nc3cccc(Cl)c3)nc(Nc3cccc(CO)c3)n2)c1. The zero-order valence-electron chi connectivity index (χ0n) is 17.2. The Hall–Kier alpha value is -3.88. The van der Waals surface area contributed by atoms with Crippen LogP contribution in [0.5, 0.6) is 5.75 Å². The minimum atomic E-state index is -0.0586. The lowest BCUT2D eigenvalue weighted by atomic mass is 10.2. The maximum Gasteiger partial charge on any atom is 0.233 e. The van der Waals surface area contributed by atoms with Crippen LogP contribution in [0.15, 0.2) is 72.8 Å². The van der Waals surface area contributed by atoms with Gasteiger partial charge in [-0.15, -0.1) is 0 Å². The molecule has 1 heterocycles. The fourth-order valence-electron chi connectivity index (χ4n) is 2.95. The molecule has 1 aromatic heterocycles. The van der Waals surface area contributed by atoms with Gasteiger partial charge in [0.05, 0.1) is 13.7 Å². The van der Waals surface area contributed by atoms with Crippen LogP contribution in [0.25, 0.3) is 0 Å². The number of methoxy groups -OCH3 is 1. The topological polar surface area (TPSA) is 104 Å². The molecule has 0 amide bonds. The van der Waals surface area contributed by atoms with Crippen molar-refractivity contribution in [2.75, 3.05) is 23.1 Å². The summed E-state index contributed by atoms with van der Waals surface area (Å²) in [6.07, 6.45) is 0. The third-order valence-corrected chi connectivity index (χ3v) is 4.64. The molecule has 0 radical (unpaired) electrons. The van der Waals surface area contributed by atoms with E-state index in [4.69, 9.17) is 16.3 Å². The molecule has 0 saturated carbocycles. The highest BCUT2D eigenvalue weighted by molar-refractivity contribution is 6.30. The minimum absolute atomic E-state index is 0.0586. The molecule has 4 aromatic rings. The summed E-state index contributed by atoms with van der Waals surface area (Å²) in [5.74, 6) is 1.69. The van der Waals surface area contributed by atoms with E-state index in [2.05, 4.69) is 30.9 Å². The van der Waals surface area contributed by atoms with Crippen LogP contribution in [0.1, 0.15) is 5.56 Å². The van der Waals surface area contributed by atoms with Crippen LogP contribution in [-0.4, -0.2) is 27.2 Å². The molecule has 0 fully saturated rings. The zero-order valence-corrected chi connectivity index (χ0v) is 18.0. The Kier molecular flexibility index (Phi) is 6.64. The van der Waals surface area contributed by atoms with Gasteiger partial charge in [-0.2, -0.15) is 15.0 Å². The number of anilines is 6. The Balaban J connectivity index is 1.66. The lowest BCUT2D eigenvalue weighted by Gasteiger charge is -2.12. The number of aromatic nitrogens is 3. The van der Waals surface area contributed by atoms with Crippen LogP contribution in [-0.2, 0) is 6.61 Å². The number of hydrogen-bond acceptors (Lipinski definition) is 8. The van der Waals surface area contributed by atoms with E-state index in [0.717, 1.165) is 22.6 Å². The van der Waals surface area contributed by atoms with Gasteiger partial charge in [-0.1, -0.05) is 35.9 Å². The van der Waals surface area contributed by atoms with E-state index in [0.29, 0.717) is 28.6 Å². The average molecular weight is 449 g/mol. The van der Waals surface area contributed by atoms with E-state index < -0.39 is 0 Å². The number of aliphatic hydroxyl groups is 1. The monoisotopic (exact) mass is 448 g/mol. The number of benzene rings is 3. The van der Waals surface area contributed by atoms with Gasteiger partial charge in [-0.3, -0.25) is 0 Å². The van der Waals surface area contributed by atoms with E-state index in [1.54, 1.807) is 19.2 Å². The smallest absolute Gasteiger partial charge is 0.233 e. The molecule has 0 bridgehead atoms. The molecule has 0 atom stereocenters. The van der Waals surface area contributed by atoms with Crippen molar-refractivity contribution >= 4 is 46.5 Å². The Labute approximate surface area is 190 Å². The molecule has 4 N–H and O–H groups in total. The minimum Gasteiger partial charge on any atom is -0.497 e. The zero-order chi connectivity index (χ0) is 22.3. The average Bonchev–Trinajstić information content (AvgIpc) is 2.79. The molecule has 8 nitrogen and oxygen atoms in total. The van der Waals surface area contributed by atoms with Gasteiger partial charge in [-0.25, -0.2) is 0 Å². The lowest BCUT2D eigenvalue weighted by Crippen LogP contribution is -2.07. The number of aliphatic hydroxyl groups excluding tert-OH is 1. The molecule has 0 spiro atoms. The van der Waals surface area contributed by atoms with Crippen molar-refractivity contribution in [3.05, 3.63) is 83.4 Å². The quantitative estimate of drug-likeness (QED) is 0.289. The van der Waals surface area contributed by atoms with Gasteiger partial charge < -0.3 is 25.8 Å². The molecule has 162 valence electrons. The fourth-order valence-corrected chi connectivity index (χ4v) is 3.14. The first-order valence-electron chi connectivity index (χ1n) is 9.78. The Morgan fingerprint density at radius 1 is 0.750 bits per heavy atom. The number of ether oxygens (including phenoxy) is 1. The second-order valence-corrected chi connectivity index (χ2v) is 7.22. The molecule has 0 aliphatic carbocycles. The van der Waals surface area contributed by atoms with E-state index in [1.807, 2.05) is 60.7 Å². The van der Waals surface area contributed by atoms with Crippen LogP contribution in [0.2, 0.25) is 5.02 Å². The predicted octanol–water partition coefficient (Wildman–Crippen LogP) is 5.26. The number of nitrogens with zero attached hydrogens (tertiary/aromatic N) is 3. The maximum absolute atomic E-state index is 9.40. The van der Waals surface area contributed by atoms with E-state index in [1.165, 1.54) is 0 Å². The Bertz CT molecular complexity index is 1150. The van der Waals surface area contributed by atoms with Gasteiger partial charge in [0.1, 0.15) is 5.75 Å². The molecule has 32 heavy (non-hydrogen) atoms. The number of nitrogens with one attached hydrogen (secondary N) is 3. The van der Waals surface area contributed by atoms with Gasteiger partial charge in [0, 0.05) is 28.2 Å². The van der Waals surface area contributed by atoms with Crippen molar-refractivity contribution in [1.82, 2.24) is 15.0 Å². The van der Waals surface area contributed by atoms with Crippen molar-refractivity contribution in [3.8, 4) is 5.75 Å². The van der Waals surface area contributed by atoms with Gasteiger partial charge in [-0.05, 0) is 48.0 Å². The fraction of sp³-hybridized carbons (Fsp3) is 0.0870. The van der Waals surface area contributed by atoms with Crippen molar-refractivity contribution in [3.63, 3.8) is 0 Å². The van der Waals surface area contributed by atoms with Crippen LogP contribution >= 0.6 is 11.6 Å². The van der Waals surface area contributed by atoms with Crippen molar-refractivity contribution < 1.29 is 9.84 Å². The molecule has 3 aromatic carbocycles. The van der Waals surface area contributed by atoms with Gasteiger partial charge in [0.15, 0.2) is 0 Å². The molecular formula is C23H21ClN6O2. The summed E-state index contributed by atoms with van der Waals surface area (Å²) in [5.41, 5.74) is 3.02. The van der Waals surface area contributed by atoms with Gasteiger partial charge >= 0.3 is 0 Å². The molecule has 4 rings (SSSR count). The van der Waals surface area contributed by atoms with Crippen LogP contribution in [0, 0.1) is 0 Å². The lowest BCUT2D eigenvalue weighted by molar-refractivity contribution is 0.282. The number of rotatable bonds is 8.